The molecule has 10 heteroatoms. The molecule has 8 nitrogen and oxygen atoms in total. The van der Waals surface area contributed by atoms with Crippen molar-refractivity contribution < 1.29 is 23.9 Å². The third kappa shape index (κ3) is 4.26. The minimum absolute atomic E-state index is 0.122. The van der Waals surface area contributed by atoms with Crippen LogP contribution in [0.2, 0.25) is 0 Å². The number of nitrogens with zero attached hydrogens (tertiary/aromatic N) is 2. The fourth-order valence-electron chi connectivity index (χ4n) is 5.14. The first-order chi connectivity index (χ1) is 17.3. The fourth-order valence-corrected chi connectivity index (χ4v) is 6.08. The number of anilines is 1. The first-order valence-electron chi connectivity index (χ1n) is 11.4. The molecule has 0 aromatic heterocycles. The van der Waals surface area contributed by atoms with E-state index in [-0.39, 0.29) is 48.0 Å². The normalized spacial score (nSPS) is 24.1. The number of hydrogen-bond acceptors (Lipinski definition) is 6. The van der Waals surface area contributed by atoms with E-state index in [1.54, 1.807) is 6.07 Å². The van der Waals surface area contributed by atoms with Crippen molar-refractivity contribution in [3.05, 3.63) is 62.6 Å². The lowest BCUT2D eigenvalue weighted by Crippen LogP contribution is -2.28. The van der Waals surface area contributed by atoms with E-state index in [1.165, 1.54) is 13.3 Å². The molecule has 1 N–H and O–H groups in total. The zero-order valence-corrected chi connectivity index (χ0v) is 22.7. The lowest BCUT2D eigenvalue weighted by molar-refractivity contribution is -0.140. The Labute approximate surface area is 225 Å². The van der Waals surface area contributed by atoms with Gasteiger partial charge in [-0.15, -0.1) is 0 Å². The van der Waals surface area contributed by atoms with E-state index < -0.39 is 0 Å². The summed E-state index contributed by atoms with van der Waals surface area (Å²) in [6.45, 7) is 1.67. The van der Waals surface area contributed by atoms with Gasteiger partial charge in [0.25, 0.3) is 17.7 Å². The van der Waals surface area contributed by atoms with Gasteiger partial charge in [-0.2, -0.15) is 10.1 Å². The Morgan fingerprint density at radius 3 is 2.44 bits per heavy atom. The first kappa shape index (κ1) is 24.7. The second-order valence-corrected chi connectivity index (χ2v) is 10.6. The number of allylic oxidation sites excluding steroid dienone is 2. The Balaban J connectivity index is 1.31. The number of hydrazone groups is 1. The number of imide groups is 1. The third-order valence-electron chi connectivity index (χ3n) is 6.90. The van der Waals surface area contributed by atoms with Crippen LogP contribution in [0.3, 0.4) is 0 Å². The molecular weight excluding hydrogens is 594 g/mol. The lowest BCUT2D eigenvalue weighted by atomic mass is 9.85. The van der Waals surface area contributed by atoms with E-state index in [0.717, 1.165) is 17.0 Å². The highest BCUT2D eigenvalue weighted by Crippen LogP contribution is 2.52. The van der Waals surface area contributed by atoms with E-state index >= 15 is 0 Å². The molecule has 0 spiro atoms. The van der Waals surface area contributed by atoms with Crippen LogP contribution < -0.4 is 14.8 Å². The smallest absolute Gasteiger partial charge is 0.262 e. The molecule has 2 aromatic rings. The van der Waals surface area contributed by atoms with E-state index in [4.69, 9.17) is 9.47 Å². The van der Waals surface area contributed by atoms with Gasteiger partial charge in [-0.1, -0.05) is 30.4 Å². The molecule has 2 aliphatic carbocycles. The minimum Gasteiger partial charge on any atom is -0.493 e. The van der Waals surface area contributed by atoms with Crippen LogP contribution in [0.5, 0.6) is 11.5 Å². The highest BCUT2D eigenvalue weighted by atomic mass is 79.9. The number of amides is 3. The van der Waals surface area contributed by atoms with Gasteiger partial charge in [0, 0.05) is 15.7 Å². The number of fused-ring (bicyclic) bond motifs is 5. The Morgan fingerprint density at radius 2 is 1.81 bits per heavy atom. The van der Waals surface area contributed by atoms with Gasteiger partial charge in [0.2, 0.25) is 0 Å². The highest BCUT2D eigenvalue weighted by Gasteiger charge is 2.59. The summed E-state index contributed by atoms with van der Waals surface area (Å²) in [4.78, 5) is 38.2. The molecule has 1 saturated heterocycles. The maximum atomic E-state index is 12.9. The van der Waals surface area contributed by atoms with Crippen molar-refractivity contribution in [3.63, 3.8) is 0 Å². The van der Waals surface area contributed by atoms with E-state index in [9.17, 15) is 14.4 Å². The molecule has 36 heavy (non-hydrogen) atoms. The van der Waals surface area contributed by atoms with Crippen molar-refractivity contribution in [3.8, 4) is 11.5 Å². The lowest BCUT2D eigenvalue weighted by Gasteiger charge is -2.16. The Bertz CT molecular complexity index is 1290. The number of rotatable bonds is 7. The third-order valence-corrected chi connectivity index (χ3v) is 9.04. The quantitative estimate of drug-likeness (QED) is 0.277. The standard InChI is InChI=1S/C26H23Br2N3O5/c1-13-5-3-4-6-17(13)30-19(32)12-36-24-18(35-2)10-16(22(27)23(24)28)11-29-31-25(33)20-14-7-8-15(9-14)21(20)26(31)34/h3-8,10-11,14-15,20-21H,9,12H2,1-2H3,(H,30,32)/t14-,15-,20-,21+/m0/s1. The van der Waals surface area contributed by atoms with Crippen LogP contribution in [0.4, 0.5) is 5.69 Å². The monoisotopic (exact) mass is 615 g/mol. The summed E-state index contributed by atoms with van der Waals surface area (Å²) in [7, 11) is 1.48. The summed E-state index contributed by atoms with van der Waals surface area (Å²) in [5, 5.41) is 8.06. The average Bonchev–Trinajstić information content (AvgIpc) is 3.55. The van der Waals surface area contributed by atoms with Crippen molar-refractivity contribution in [2.45, 2.75) is 13.3 Å². The molecular formula is C26H23Br2N3O5. The number of aryl methyl sites for hydroxylation is 1. The van der Waals surface area contributed by atoms with Gasteiger partial charge in [-0.25, -0.2) is 0 Å². The summed E-state index contributed by atoms with van der Waals surface area (Å²) < 4.78 is 12.3. The zero-order chi connectivity index (χ0) is 25.6. The molecule has 3 amide bonds. The van der Waals surface area contributed by atoms with Gasteiger partial charge in [0.05, 0.1) is 29.6 Å². The Morgan fingerprint density at radius 1 is 1.14 bits per heavy atom. The van der Waals surface area contributed by atoms with Crippen LogP contribution in [-0.2, 0) is 14.4 Å². The SMILES string of the molecule is COc1cc(C=NN2C(=O)[C@@H]3[C@H](C2=O)[C@H]2C=C[C@H]3C2)c(Br)c(Br)c1OCC(=O)Nc1ccccc1C. The number of hydrogen-bond donors (Lipinski definition) is 1. The van der Waals surface area contributed by atoms with Crippen LogP contribution in [-0.4, -0.2) is 42.7 Å². The van der Waals surface area contributed by atoms with E-state index in [1.807, 2.05) is 43.3 Å². The molecule has 2 aromatic carbocycles. The molecule has 1 heterocycles. The van der Waals surface area contributed by atoms with Gasteiger partial charge >= 0.3 is 0 Å². The van der Waals surface area contributed by atoms with Crippen LogP contribution in [0.15, 0.2) is 56.5 Å². The van der Waals surface area contributed by atoms with Crippen LogP contribution >= 0.6 is 31.9 Å². The largest absolute Gasteiger partial charge is 0.493 e. The predicted octanol–water partition coefficient (Wildman–Crippen LogP) is 4.69. The van der Waals surface area contributed by atoms with Crippen molar-refractivity contribution in [2.75, 3.05) is 19.0 Å². The molecule has 0 unspecified atom stereocenters. The summed E-state index contributed by atoms with van der Waals surface area (Å²) in [5.74, 6) is -0.513. The average molecular weight is 617 g/mol. The molecule has 2 fully saturated rings. The number of para-hydroxylation sites is 1. The Hall–Kier alpha value is -2.98. The van der Waals surface area contributed by atoms with Crippen molar-refractivity contribution in [1.82, 2.24) is 5.01 Å². The number of carbonyl (C=O) groups excluding carboxylic acids is 3. The summed E-state index contributed by atoms with van der Waals surface area (Å²) >= 11 is 7.00. The van der Waals surface area contributed by atoms with Gasteiger partial charge in [0.1, 0.15) is 0 Å². The minimum atomic E-state index is -0.319. The van der Waals surface area contributed by atoms with E-state index in [0.29, 0.717) is 31.7 Å². The van der Waals surface area contributed by atoms with E-state index in [2.05, 4.69) is 42.3 Å². The molecule has 3 aliphatic rings. The van der Waals surface area contributed by atoms with Crippen LogP contribution in [0, 0.1) is 30.6 Å². The number of nitrogens with one attached hydrogen (secondary N) is 1. The number of benzene rings is 2. The number of carbonyl (C=O) groups is 3. The maximum absolute atomic E-state index is 12.9. The fraction of sp³-hybridized carbons (Fsp3) is 0.308. The molecule has 2 bridgehead atoms. The summed E-state index contributed by atoms with van der Waals surface area (Å²) in [6.07, 6.45) is 6.40. The number of methoxy groups -OCH3 is 1. The predicted molar refractivity (Wildman–Crippen MR) is 141 cm³/mol. The van der Waals surface area contributed by atoms with Crippen LogP contribution in [0.25, 0.3) is 0 Å². The van der Waals surface area contributed by atoms with Crippen molar-refractivity contribution >= 4 is 61.5 Å². The number of ether oxygens (including phenoxy) is 2. The molecule has 186 valence electrons. The van der Waals surface area contributed by atoms with Crippen LogP contribution in [0.1, 0.15) is 17.5 Å². The highest BCUT2D eigenvalue weighted by molar-refractivity contribution is 9.13. The molecule has 5 rings (SSSR count). The molecule has 4 atom stereocenters. The maximum Gasteiger partial charge on any atom is 0.262 e. The van der Waals surface area contributed by atoms with Gasteiger partial charge < -0.3 is 14.8 Å². The summed E-state index contributed by atoms with van der Waals surface area (Å²) in [5.41, 5.74) is 2.22. The number of halogens is 2. The van der Waals surface area contributed by atoms with Gasteiger partial charge in [-0.3, -0.25) is 14.4 Å². The molecule has 1 aliphatic heterocycles. The van der Waals surface area contributed by atoms with Crippen molar-refractivity contribution in [2.24, 2.45) is 28.8 Å². The molecule has 0 radical (unpaired) electrons. The zero-order valence-electron chi connectivity index (χ0n) is 19.5. The van der Waals surface area contributed by atoms with Gasteiger partial charge in [0.15, 0.2) is 18.1 Å². The first-order valence-corrected chi connectivity index (χ1v) is 13.0. The molecule has 1 saturated carbocycles. The second-order valence-electron chi connectivity index (χ2n) is 9.01. The van der Waals surface area contributed by atoms with Gasteiger partial charge in [-0.05, 0) is 74.7 Å². The Kier molecular flexibility index (Phi) is 6.74. The summed E-state index contributed by atoms with van der Waals surface area (Å²) in [6, 6.07) is 9.12. The topological polar surface area (TPSA) is 97.3 Å². The second kappa shape index (κ2) is 9.82. The van der Waals surface area contributed by atoms with Crippen molar-refractivity contribution in [1.29, 1.82) is 0 Å².